The van der Waals surface area contributed by atoms with Crippen LogP contribution in [0, 0.1) is 0 Å². The van der Waals surface area contributed by atoms with Gasteiger partial charge in [-0.05, 0) is 52.8 Å². The Kier molecular flexibility index (Phi) is 12.9. The Hall–Kier alpha value is -2.71. The molecule has 8 nitrogen and oxygen atoms in total. The standard InChI is InChI=1S/C14H26N4O2.C10H14N2/c1-6-20-8-7-10(2)17-14(19)12(4)18-13(9-15)11(3)16-5;1-11-6-8-7-12-10-5-3-2-4-9(8)10/h9-10H,6-8,15H2,1-5H3,(H,17,19);2-5,8,11-12H,6-7H2,1H3/b13-9+,16-11?,18-12?;. The number of hydrogen-bond donors (Lipinski definition) is 4. The molecule has 0 saturated heterocycles. The molecule has 2 atom stereocenters. The van der Waals surface area contributed by atoms with Gasteiger partial charge in [-0.15, -0.1) is 0 Å². The fourth-order valence-corrected chi connectivity index (χ4v) is 3.18. The van der Waals surface area contributed by atoms with E-state index >= 15 is 0 Å². The molecule has 1 aliphatic heterocycles. The summed E-state index contributed by atoms with van der Waals surface area (Å²) in [4.78, 5) is 20.1. The fourth-order valence-electron chi connectivity index (χ4n) is 3.18. The average molecular weight is 445 g/mol. The molecule has 0 aromatic heterocycles. The summed E-state index contributed by atoms with van der Waals surface area (Å²) in [6.45, 7) is 10.8. The molecule has 5 N–H and O–H groups in total. The molecular weight excluding hydrogens is 404 g/mol. The number of nitrogens with zero attached hydrogens (tertiary/aromatic N) is 2. The van der Waals surface area contributed by atoms with Crippen LogP contribution in [0.3, 0.4) is 0 Å². The van der Waals surface area contributed by atoms with Crippen molar-refractivity contribution in [2.45, 2.75) is 46.1 Å². The van der Waals surface area contributed by atoms with E-state index in [0.717, 1.165) is 19.5 Å². The largest absolute Gasteiger partial charge is 0.403 e. The molecule has 1 amide bonds. The summed E-state index contributed by atoms with van der Waals surface area (Å²) in [7, 11) is 3.65. The van der Waals surface area contributed by atoms with Crippen LogP contribution < -0.4 is 21.7 Å². The lowest BCUT2D eigenvalue weighted by Gasteiger charge is -2.13. The van der Waals surface area contributed by atoms with Crippen LogP contribution >= 0.6 is 0 Å². The maximum atomic E-state index is 12.0. The summed E-state index contributed by atoms with van der Waals surface area (Å²) < 4.78 is 5.25. The van der Waals surface area contributed by atoms with E-state index in [2.05, 4.69) is 50.2 Å². The number of hydrogen-bond acceptors (Lipinski definition) is 7. The lowest BCUT2D eigenvalue weighted by Crippen LogP contribution is -2.37. The molecule has 2 rings (SSSR count). The first-order valence-corrected chi connectivity index (χ1v) is 11.1. The highest BCUT2D eigenvalue weighted by Crippen LogP contribution is 2.30. The zero-order chi connectivity index (χ0) is 23.9. The summed E-state index contributed by atoms with van der Waals surface area (Å²) in [5.74, 6) is 0.434. The van der Waals surface area contributed by atoms with E-state index in [4.69, 9.17) is 10.5 Å². The molecular formula is C24H40N6O2. The van der Waals surface area contributed by atoms with Crippen molar-refractivity contribution >= 4 is 23.0 Å². The molecule has 0 bridgehead atoms. The van der Waals surface area contributed by atoms with Gasteiger partial charge in [0, 0.05) is 57.2 Å². The minimum atomic E-state index is -0.211. The first kappa shape index (κ1) is 27.3. The van der Waals surface area contributed by atoms with E-state index in [9.17, 15) is 4.79 Å². The number of anilines is 1. The van der Waals surface area contributed by atoms with Crippen LogP contribution in [0.1, 0.15) is 45.6 Å². The van der Waals surface area contributed by atoms with Crippen LogP contribution in [0.15, 0.2) is 46.1 Å². The molecule has 32 heavy (non-hydrogen) atoms. The molecule has 8 heteroatoms. The highest BCUT2D eigenvalue weighted by Gasteiger charge is 2.20. The van der Waals surface area contributed by atoms with Gasteiger partial charge >= 0.3 is 0 Å². The Bertz CT molecular complexity index is 801. The van der Waals surface area contributed by atoms with E-state index in [1.165, 1.54) is 17.5 Å². The Labute approximate surface area is 192 Å². The van der Waals surface area contributed by atoms with E-state index < -0.39 is 0 Å². The molecule has 1 aromatic carbocycles. The predicted octanol–water partition coefficient (Wildman–Crippen LogP) is 2.68. The molecule has 2 unspecified atom stereocenters. The zero-order valence-electron chi connectivity index (χ0n) is 20.4. The number of nitrogens with two attached hydrogens (primary N) is 1. The van der Waals surface area contributed by atoms with E-state index in [-0.39, 0.29) is 11.9 Å². The number of benzene rings is 1. The SMILES string of the molecule is CCOCCC(C)NC(=O)C(C)=N/C(=C/N)C(C)=NC.CNCC1CNc2ccccc21. The summed E-state index contributed by atoms with van der Waals surface area (Å²) in [5, 5.41) is 9.47. The molecule has 1 heterocycles. The van der Waals surface area contributed by atoms with Crippen LogP contribution in [0.2, 0.25) is 0 Å². The van der Waals surface area contributed by atoms with Gasteiger partial charge in [-0.3, -0.25) is 9.79 Å². The smallest absolute Gasteiger partial charge is 0.265 e. The fraction of sp³-hybridized carbons (Fsp3) is 0.542. The number of para-hydroxylation sites is 1. The van der Waals surface area contributed by atoms with Crippen molar-refractivity contribution in [3.05, 3.63) is 41.7 Å². The van der Waals surface area contributed by atoms with Crippen molar-refractivity contribution in [2.75, 3.05) is 45.7 Å². The number of aliphatic imine (C=N–C) groups is 2. The highest BCUT2D eigenvalue weighted by atomic mass is 16.5. The molecule has 0 saturated carbocycles. The van der Waals surface area contributed by atoms with Gasteiger partial charge in [-0.1, -0.05) is 18.2 Å². The second kappa shape index (κ2) is 15.2. The molecule has 1 aliphatic rings. The van der Waals surface area contributed by atoms with Crippen molar-refractivity contribution in [3.63, 3.8) is 0 Å². The maximum Gasteiger partial charge on any atom is 0.265 e. The van der Waals surface area contributed by atoms with Gasteiger partial charge in [-0.2, -0.15) is 0 Å². The topological polar surface area (TPSA) is 113 Å². The Morgan fingerprint density at radius 1 is 1.34 bits per heavy atom. The quantitative estimate of drug-likeness (QED) is 0.327. The Morgan fingerprint density at radius 3 is 2.69 bits per heavy atom. The number of amides is 1. The van der Waals surface area contributed by atoms with Crippen LogP contribution in [0.5, 0.6) is 0 Å². The first-order chi connectivity index (χ1) is 15.4. The van der Waals surface area contributed by atoms with Gasteiger partial charge in [0.05, 0.1) is 11.4 Å². The number of rotatable bonds is 10. The molecule has 0 radical (unpaired) electrons. The Balaban J connectivity index is 0.000000357. The molecule has 0 aliphatic carbocycles. The molecule has 0 fully saturated rings. The van der Waals surface area contributed by atoms with Gasteiger partial charge in [0.2, 0.25) is 0 Å². The predicted molar refractivity (Wildman–Crippen MR) is 135 cm³/mol. The van der Waals surface area contributed by atoms with Gasteiger partial charge in [0.15, 0.2) is 0 Å². The third-order valence-electron chi connectivity index (χ3n) is 5.15. The second-order valence-corrected chi connectivity index (χ2v) is 7.64. The normalized spacial score (nSPS) is 17.1. The monoisotopic (exact) mass is 444 g/mol. The third kappa shape index (κ3) is 9.20. The number of fused-ring (bicyclic) bond motifs is 1. The summed E-state index contributed by atoms with van der Waals surface area (Å²) in [6, 6.07) is 8.56. The van der Waals surface area contributed by atoms with Gasteiger partial charge in [0.1, 0.15) is 5.71 Å². The van der Waals surface area contributed by atoms with Gasteiger partial charge in [0.25, 0.3) is 5.91 Å². The number of carbonyl (C=O) groups is 1. The number of ether oxygens (including phenoxy) is 1. The van der Waals surface area contributed by atoms with Crippen LogP contribution in [-0.4, -0.2) is 63.8 Å². The number of carbonyl (C=O) groups excluding carboxylic acids is 1. The van der Waals surface area contributed by atoms with Crippen LogP contribution in [0.4, 0.5) is 5.69 Å². The first-order valence-electron chi connectivity index (χ1n) is 11.1. The molecule has 178 valence electrons. The lowest BCUT2D eigenvalue weighted by molar-refractivity contribution is -0.115. The lowest BCUT2D eigenvalue weighted by atomic mass is 10.0. The van der Waals surface area contributed by atoms with Crippen LogP contribution in [0.25, 0.3) is 0 Å². The molecule has 1 aromatic rings. The van der Waals surface area contributed by atoms with E-state index in [1.807, 2.05) is 20.9 Å². The third-order valence-corrected chi connectivity index (χ3v) is 5.15. The minimum absolute atomic E-state index is 0.0328. The van der Waals surface area contributed by atoms with Crippen molar-refractivity contribution in [1.29, 1.82) is 0 Å². The van der Waals surface area contributed by atoms with Gasteiger partial charge in [-0.25, -0.2) is 4.99 Å². The van der Waals surface area contributed by atoms with E-state index in [1.54, 1.807) is 20.9 Å². The maximum absolute atomic E-state index is 12.0. The Morgan fingerprint density at radius 2 is 2.06 bits per heavy atom. The van der Waals surface area contributed by atoms with Crippen molar-refractivity contribution in [3.8, 4) is 0 Å². The number of nitrogens with one attached hydrogen (secondary N) is 3. The minimum Gasteiger partial charge on any atom is -0.403 e. The number of likely N-dealkylation sites (N-methyl/N-ethyl adjacent to an activating group) is 1. The average Bonchev–Trinajstić information content (AvgIpc) is 3.20. The summed E-state index contributed by atoms with van der Waals surface area (Å²) in [5.41, 5.74) is 9.78. The zero-order valence-corrected chi connectivity index (χ0v) is 20.4. The van der Waals surface area contributed by atoms with Crippen molar-refractivity contribution in [1.82, 2.24) is 10.6 Å². The van der Waals surface area contributed by atoms with Crippen molar-refractivity contribution < 1.29 is 9.53 Å². The highest BCUT2D eigenvalue weighted by molar-refractivity contribution is 6.38. The molecule has 0 spiro atoms. The van der Waals surface area contributed by atoms with E-state index in [0.29, 0.717) is 36.3 Å². The second-order valence-electron chi connectivity index (χ2n) is 7.64. The van der Waals surface area contributed by atoms with Crippen LogP contribution in [-0.2, 0) is 9.53 Å². The van der Waals surface area contributed by atoms with Gasteiger partial charge < -0.3 is 26.4 Å². The number of allylic oxidation sites excluding steroid dienone is 1. The summed E-state index contributed by atoms with van der Waals surface area (Å²) >= 11 is 0. The van der Waals surface area contributed by atoms with Crippen molar-refractivity contribution in [2.24, 2.45) is 15.7 Å². The summed E-state index contributed by atoms with van der Waals surface area (Å²) in [6.07, 6.45) is 2.11.